The summed E-state index contributed by atoms with van der Waals surface area (Å²) in [5.41, 5.74) is 7.89. The normalized spacial score (nSPS) is 14.7. The highest BCUT2D eigenvalue weighted by molar-refractivity contribution is 6.36. The van der Waals surface area contributed by atoms with Gasteiger partial charge in [-0.2, -0.15) is 5.10 Å². The molecule has 1 aliphatic rings. The minimum Gasteiger partial charge on any atom is -0.482 e. The zero-order valence-corrected chi connectivity index (χ0v) is 22.3. The Balaban J connectivity index is 1.42. The fraction of sp³-hybridized carbons (Fsp3) is 0.360. The van der Waals surface area contributed by atoms with Gasteiger partial charge in [-0.25, -0.2) is 14.2 Å². The van der Waals surface area contributed by atoms with Crippen molar-refractivity contribution in [2.24, 2.45) is 0 Å². The van der Waals surface area contributed by atoms with Gasteiger partial charge in [0.05, 0.1) is 24.4 Å². The summed E-state index contributed by atoms with van der Waals surface area (Å²) in [6.07, 6.45) is 5.34. The number of carbonyl (C=O) groups is 2. The van der Waals surface area contributed by atoms with Crippen LogP contribution in [0.2, 0.25) is 10.0 Å². The Kier molecular flexibility index (Phi) is 8.58. The highest BCUT2D eigenvalue weighted by Gasteiger charge is 2.25. The Hall–Kier alpha value is -3.57. The van der Waals surface area contributed by atoms with E-state index in [1.165, 1.54) is 19.2 Å². The van der Waals surface area contributed by atoms with E-state index < -0.39 is 18.0 Å². The number of anilines is 1. The maximum absolute atomic E-state index is 14.0. The number of nitrogens with one attached hydrogen (secondary N) is 1. The molecule has 1 unspecified atom stereocenters. The molecule has 2 amide bonds. The number of pyridine rings is 1. The second-order valence-corrected chi connectivity index (χ2v) is 9.58. The summed E-state index contributed by atoms with van der Waals surface area (Å²) in [6.45, 7) is 2.69. The van der Waals surface area contributed by atoms with Crippen molar-refractivity contribution in [3.63, 3.8) is 0 Å². The number of nitrogens with zero attached hydrogens (tertiary/aromatic N) is 4. The number of methoxy groups -OCH3 is 1. The number of nitrogen functional groups attached to an aromatic ring is 1. The van der Waals surface area contributed by atoms with E-state index in [2.05, 4.69) is 20.1 Å². The Morgan fingerprint density at radius 3 is 2.68 bits per heavy atom. The molecule has 1 atom stereocenters. The van der Waals surface area contributed by atoms with Crippen LogP contribution >= 0.6 is 23.2 Å². The fourth-order valence-electron chi connectivity index (χ4n) is 4.27. The molecule has 4 rings (SSSR count). The average molecular weight is 565 g/mol. The van der Waals surface area contributed by atoms with E-state index >= 15 is 0 Å². The number of rotatable bonds is 7. The number of nitrogens with two attached hydrogens (primary N) is 1. The predicted molar refractivity (Wildman–Crippen MR) is 141 cm³/mol. The Labute approximate surface area is 228 Å². The first-order valence-corrected chi connectivity index (χ1v) is 12.6. The molecule has 1 aromatic carbocycles. The lowest BCUT2D eigenvalue weighted by molar-refractivity contribution is -0.131. The van der Waals surface area contributed by atoms with Crippen molar-refractivity contribution in [1.82, 2.24) is 25.0 Å². The quantitative estimate of drug-likeness (QED) is 0.400. The number of benzene rings is 1. The van der Waals surface area contributed by atoms with E-state index in [1.54, 1.807) is 30.3 Å². The van der Waals surface area contributed by atoms with Crippen molar-refractivity contribution >= 4 is 41.0 Å². The van der Waals surface area contributed by atoms with Crippen LogP contribution in [0.3, 0.4) is 0 Å². The van der Waals surface area contributed by atoms with Gasteiger partial charge in [-0.3, -0.25) is 9.48 Å². The molecule has 3 aromatic rings. The maximum Gasteiger partial charge on any atom is 0.407 e. The zero-order valence-electron chi connectivity index (χ0n) is 20.8. The van der Waals surface area contributed by atoms with E-state index in [-0.39, 0.29) is 34.4 Å². The Morgan fingerprint density at radius 2 is 1.97 bits per heavy atom. The number of halogens is 3. The van der Waals surface area contributed by atoms with Crippen molar-refractivity contribution in [2.45, 2.75) is 31.9 Å². The van der Waals surface area contributed by atoms with Gasteiger partial charge in [-0.05, 0) is 38.0 Å². The first kappa shape index (κ1) is 27.5. The van der Waals surface area contributed by atoms with Crippen LogP contribution in [0.4, 0.5) is 15.0 Å². The van der Waals surface area contributed by atoms with Gasteiger partial charge in [0.25, 0.3) is 0 Å². The van der Waals surface area contributed by atoms with Crippen LogP contribution in [0.15, 0.2) is 36.8 Å². The van der Waals surface area contributed by atoms with Gasteiger partial charge in [0.15, 0.2) is 11.6 Å². The van der Waals surface area contributed by atoms with Crippen molar-refractivity contribution in [2.75, 3.05) is 32.5 Å². The molecule has 0 radical (unpaired) electrons. The molecule has 0 spiro atoms. The minimum atomic E-state index is -0.691. The van der Waals surface area contributed by atoms with Gasteiger partial charge >= 0.3 is 6.09 Å². The molecule has 202 valence electrons. The number of hydrogen-bond acceptors (Lipinski definition) is 7. The summed E-state index contributed by atoms with van der Waals surface area (Å²) in [6, 6.07) is 4.45. The van der Waals surface area contributed by atoms with Crippen molar-refractivity contribution in [1.29, 1.82) is 0 Å². The molecule has 10 nitrogen and oxygen atoms in total. The molecule has 3 N–H and O–H groups in total. The van der Waals surface area contributed by atoms with Gasteiger partial charge in [0.1, 0.15) is 18.5 Å². The highest BCUT2D eigenvalue weighted by Crippen LogP contribution is 2.37. The Morgan fingerprint density at radius 1 is 1.24 bits per heavy atom. The predicted octanol–water partition coefficient (Wildman–Crippen LogP) is 4.63. The molecule has 1 fully saturated rings. The van der Waals surface area contributed by atoms with Crippen molar-refractivity contribution < 1.29 is 23.5 Å². The van der Waals surface area contributed by atoms with Gasteiger partial charge in [0, 0.05) is 47.2 Å². The van der Waals surface area contributed by atoms with Crippen LogP contribution in [0.25, 0.3) is 11.1 Å². The SMILES string of the molecule is COC(=O)NCC(=O)N1CCC(n2cc(-c3cnc(N)c(OC(C)c4c(Cl)ccc(F)c4Cl)c3)cn2)CC1. The number of carbonyl (C=O) groups excluding carboxylic acids is 2. The molecule has 2 aromatic heterocycles. The summed E-state index contributed by atoms with van der Waals surface area (Å²) in [5, 5.41) is 7.09. The lowest BCUT2D eigenvalue weighted by Gasteiger charge is -2.32. The molecule has 0 bridgehead atoms. The van der Waals surface area contributed by atoms with Gasteiger partial charge < -0.3 is 25.4 Å². The minimum absolute atomic E-state index is 0.103. The van der Waals surface area contributed by atoms with E-state index in [4.69, 9.17) is 33.7 Å². The molecule has 38 heavy (non-hydrogen) atoms. The largest absolute Gasteiger partial charge is 0.482 e. The molecule has 0 aliphatic carbocycles. The third-order valence-electron chi connectivity index (χ3n) is 6.37. The highest BCUT2D eigenvalue weighted by atomic mass is 35.5. The number of hydrogen-bond donors (Lipinski definition) is 2. The van der Waals surface area contributed by atoms with E-state index in [9.17, 15) is 14.0 Å². The second-order valence-electron chi connectivity index (χ2n) is 8.79. The van der Waals surface area contributed by atoms with Crippen molar-refractivity contribution in [3.8, 4) is 16.9 Å². The monoisotopic (exact) mass is 564 g/mol. The fourth-order valence-corrected chi connectivity index (χ4v) is 4.95. The number of aromatic nitrogens is 3. The van der Waals surface area contributed by atoms with Crippen LogP contribution in [0, 0.1) is 5.82 Å². The third kappa shape index (κ3) is 6.11. The molecular formula is C25H27Cl2FN6O4. The summed E-state index contributed by atoms with van der Waals surface area (Å²) >= 11 is 12.4. The van der Waals surface area contributed by atoms with Crippen LogP contribution in [-0.4, -0.2) is 58.4 Å². The van der Waals surface area contributed by atoms with E-state index in [0.29, 0.717) is 37.2 Å². The smallest absolute Gasteiger partial charge is 0.407 e. The van der Waals surface area contributed by atoms with Gasteiger partial charge in [-0.15, -0.1) is 0 Å². The van der Waals surface area contributed by atoms with Crippen LogP contribution in [0.1, 0.15) is 37.5 Å². The second kappa shape index (κ2) is 11.9. The van der Waals surface area contributed by atoms with Crippen LogP contribution in [0.5, 0.6) is 5.75 Å². The molecule has 0 saturated carbocycles. The summed E-state index contributed by atoms with van der Waals surface area (Å²) in [7, 11) is 1.25. The number of piperidine rings is 1. The van der Waals surface area contributed by atoms with Gasteiger partial charge in [0.2, 0.25) is 5.91 Å². The van der Waals surface area contributed by atoms with Crippen molar-refractivity contribution in [3.05, 3.63) is 58.2 Å². The number of amides is 2. The molecular weight excluding hydrogens is 538 g/mol. The van der Waals surface area contributed by atoms with Gasteiger partial charge in [-0.1, -0.05) is 23.2 Å². The van der Waals surface area contributed by atoms with Crippen LogP contribution in [-0.2, 0) is 9.53 Å². The lowest BCUT2D eigenvalue weighted by atomic mass is 10.1. The Bertz CT molecular complexity index is 1330. The number of likely N-dealkylation sites (tertiary alicyclic amines) is 1. The molecule has 3 heterocycles. The topological polar surface area (TPSA) is 125 Å². The molecule has 1 aliphatic heterocycles. The number of ether oxygens (including phenoxy) is 2. The molecule has 13 heteroatoms. The third-order valence-corrected chi connectivity index (χ3v) is 7.08. The van der Waals surface area contributed by atoms with Crippen LogP contribution < -0.4 is 15.8 Å². The lowest BCUT2D eigenvalue weighted by Crippen LogP contribution is -2.44. The first-order chi connectivity index (χ1) is 18.2. The average Bonchev–Trinajstić information content (AvgIpc) is 3.41. The molecule has 1 saturated heterocycles. The maximum atomic E-state index is 14.0. The number of alkyl carbamates (subject to hydrolysis) is 1. The zero-order chi connectivity index (χ0) is 27.4. The van der Waals surface area contributed by atoms with E-state index in [0.717, 1.165) is 11.1 Å². The standard InChI is InChI=1S/C25H27Cl2FN6O4/c1-14(22-18(26)3-4-19(28)23(22)27)38-20-9-15(10-30-24(20)29)16-11-32-34(13-16)17-5-7-33(8-6-17)21(35)12-31-25(36)37-2/h3-4,9-11,13-14,17H,5-8,12H2,1-2H3,(H2,29,30)(H,31,36). The summed E-state index contributed by atoms with van der Waals surface area (Å²) in [5.74, 6) is -0.297. The summed E-state index contributed by atoms with van der Waals surface area (Å²) < 4.78 is 26.3. The van der Waals surface area contributed by atoms with E-state index in [1.807, 2.05) is 10.9 Å². The summed E-state index contributed by atoms with van der Waals surface area (Å²) in [4.78, 5) is 29.4. The first-order valence-electron chi connectivity index (χ1n) is 11.9.